The molecule has 2 aromatic rings. The number of hydrogen-bond acceptors (Lipinski definition) is 6. The van der Waals surface area contributed by atoms with Gasteiger partial charge in [0.2, 0.25) is 0 Å². The molecule has 0 radical (unpaired) electrons. The summed E-state index contributed by atoms with van der Waals surface area (Å²) >= 11 is 0. The summed E-state index contributed by atoms with van der Waals surface area (Å²) in [5.74, 6) is -0.214. The fourth-order valence-corrected chi connectivity index (χ4v) is 4.45. The number of nitrogens with one attached hydrogen (secondary N) is 1. The van der Waals surface area contributed by atoms with Crippen molar-refractivity contribution in [1.29, 1.82) is 0 Å². The van der Waals surface area contributed by atoms with Crippen LogP contribution < -0.4 is 10.1 Å². The number of piperidine rings is 3. The maximum absolute atomic E-state index is 13.2. The summed E-state index contributed by atoms with van der Waals surface area (Å²) in [4.78, 5) is 26.9. The molecule has 0 spiro atoms. The van der Waals surface area contributed by atoms with Crippen LogP contribution in [-0.2, 0) is 16.1 Å². The summed E-state index contributed by atoms with van der Waals surface area (Å²) < 4.78 is 11.3. The number of nitrogens with zero attached hydrogens (tertiary/aromatic N) is 1. The highest BCUT2D eigenvalue weighted by Gasteiger charge is 2.37. The van der Waals surface area contributed by atoms with Gasteiger partial charge < -0.3 is 14.6 Å². The van der Waals surface area contributed by atoms with Gasteiger partial charge >= 0.3 is 11.9 Å². The molecular formula is C24H28N2O5. The van der Waals surface area contributed by atoms with E-state index in [9.17, 15) is 14.7 Å². The number of benzene rings is 2. The summed E-state index contributed by atoms with van der Waals surface area (Å²) in [6.45, 7) is 3.28. The van der Waals surface area contributed by atoms with E-state index in [2.05, 4.69) is 10.2 Å². The molecule has 0 aliphatic carbocycles. The Bertz CT molecular complexity index is 939. The Morgan fingerprint density at radius 3 is 2.61 bits per heavy atom. The Balaban J connectivity index is 1.51. The van der Waals surface area contributed by atoms with Gasteiger partial charge in [-0.15, -0.1) is 0 Å². The van der Waals surface area contributed by atoms with Crippen LogP contribution in [0.5, 0.6) is 5.75 Å². The third-order valence-electron chi connectivity index (χ3n) is 6.21. The standard InChI is InChI=1S/C24H28N2O5/c1-30-20-7-3-5-18(13-20)22(25-14-16-4-2-6-19(12-16)23(27)28)24(29)31-21-15-26-10-8-17(21)9-11-26/h2-7,12-13,17,21-22,25H,8-11,14-15H2,1H3,(H,27,28)/t21-,22?/m0/s1. The van der Waals surface area contributed by atoms with Crippen molar-refractivity contribution >= 4 is 11.9 Å². The normalized spacial score (nSPS) is 23.2. The summed E-state index contributed by atoms with van der Waals surface area (Å²) in [6.07, 6.45) is 2.05. The summed E-state index contributed by atoms with van der Waals surface area (Å²) in [5, 5.41) is 12.5. The molecule has 0 amide bonds. The van der Waals surface area contributed by atoms with Crippen molar-refractivity contribution in [3.05, 3.63) is 65.2 Å². The lowest BCUT2D eigenvalue weighted by Crippen LogP contribution is -2.52. The van der Waals surface area contributed by atoms with Crippen molar-refractivity contribution in [3.63, 3.8) is 0 Å². The zero-order valence-electron chi connectivity index (χ0n) is 17.6. The lowest BCUT2D eigenvalue weighted by atomic mass is 9.86. The summed E-state index contributed by atoms with van der Waals surface area (Å²) in [6, 6.07) is 13.4. The molecule has 7 heteroatoms. The SMILES string of the molecule is COc1cccc(C(NCc2cccc(C(=O)O)c2)C(=O)O[C@H]2CN3CCC2CC3)c1. The number of carboxylic acids is 1. The molecule has 5 rings (SSSR count). The van der Waals surface area contributed by atoms with Crippen molar-refractivity contribution in [2.24, 2.45) is 5.92 Å². The number of rotatable bonds is 8. The van der Waals surface area contributed by atoms with Crippen molar-refractivity contribution in [3.8, 4) is 5.75 Å². The molecule has 2 N–H and O–H groups in total. The smallest absolute Gasteiger partial charge is 0.335 e. The predicted octanol–water partition coefficient (Wildman–Crippen LogP) is 2.86. The van der Waals surface area contributed by atoms with Gasteiger partial charge in [0.1, 0.15) is 17.9 Å². The van der Waals surface area contributed by atoms with Crippen LogP contribution in [0, 0.1) is 5.92 Å². The first-order chi connectivity index (χ1) is 15.0. The van der Waals surface area contributed by atoms with Crippen molar-refractivity contribution in [2.75, 3.05) is 26.7 Å². The van der Waals surface area contributed by atoms with Crippen LogP contribution in [0.1, 0.15) is 40.4 Å². The fourth-order valence-electron chi connectivity index (χ4n) is 4.45. The van der Waals surface area contributed by atoms with Crippen LogP contribution in [0.15, 0.2) is 48.5 Å². The molecule has 164 valence electrons. The first kappa shape index (κ1) is 21.3. The topological polar surface area (TPSA) is 88.1 Å². The monoisotopic (exact) mass is 424 g/mol. The molecule has 2 bridgehead atoms. The van der Waals surface area contributed by atoms with E-state index < -0.39 is 12.0 Å². The number of carboxylic acid groups (broad SMARTS) is 1. The summed E-state index contributed by atoms with van der Waals surface area (Å²) in [7, 11) is 1.59. The largest absolute Gasteiger partial charge is 0.497 e. The average molecular weight is 424 g/mol. The lowest BCUT2D eigenvalue weighted by Gasteiger charge is -2.44. The number of aromatic carboxylic acids is 1. The molecule has 7 nitrogen and oxygen atoms in total. The van der Waals surface area contributed by atoms with Crippen LogP contribution in [0.4, 0.5) is 0 Å². The maximum atomic E-state index is 13.2. The molecule has 2 atom stereocenters. The summed E-state index contributed by atoms with van der Waals surface area (Å²) in [5.41, 5.74) is 1.75. The number of fused-ring (bicyclic) bond motifs is 3. The highest BCUT2D eigenvalue weighted by molar-refractivity contribution is 5.87. The minimum Gasteiger partial charge on any atom is -0.497 e. The van der Waals surface area contributed by atoms with E-state index in [4.69, 9.17) is 9.47 Å². The second-order valence-electron chi connectivity index (χ2n) is 8.21. The van der Waals surface area contributed by atoms with Gasteiger partial charge in [-0.3, -0.25) is 10.2 Å². The second kappa shape index (κ2) is 9.49. The van der Waals surface area contributed by atoms with Crippen molar-refractivity contribution < 1.29 is 24.2 Å². The molecule has 1 unspecified atom stereocenters. The Labute approximate surface area is 182 Å². The lowest BCUT2D eigenvalue weighted by molar-refractivity contribution is -0.161. The van der Waals surface area contributed by atoms with Gasteiger partial charge in [-0.05, 0) is 67.2 Å². The molecular weight excluding hydrogens is 396 g/mol. The van der Waals surface area contributed by atoms with Gasteiger partial charge in [-0.25, -0.2) is 9.59 Å². The quantitative estimate of drug-likeness (QED) is 0.630. The highest BCUT2D eigenvalue weighted by Crippen LogP contribution is 2.31. The Kier molecular flexibility index (Phi) is 6.53. The van der Waals surface area contributed by atoms with E-state index in [0.717, 1.165) is 43.6 Å². The van der Waals surface area contributed by atoms with E-state index in [0.29, 0.717) is 18.2 Å². The molecule has 3 aliphatic heterocycles. The van der Waals surface area contributed by atoms with Gasteiger partial charge in [0, 0.05) is 13.1 Å². The van der Waals surface area contributed by atoms with Crippen LogP contribution in [0.25, 0.3) is 0 Å². The third-order valence-corrected chi connectivity index (χ3v) is 6.21. The van der Waals surface area contributed by atoms with E-state index >= 15 is 0 Å². The highest BCUT2D eigenvalue weighted by atomic mass is 16.5. The molecule has 3 aliphatic rings. The first-order valence-electron chi connectivity index (χ1n) is 10.7. The van der Waals surface area contributed by atoms with Crippen LogP contribution in [-0.4, -0.2) is 54.8 Å². The van der Waals surface area contributed by atoms with Gasteiger partial charge in [0.15, 0.2) is 0 Å². The fraction of sp³-hybridized carbons (Fsp3) is 0.417. The van der Waals surface area contributed by atoms with Gasteiger partial charge in [0.25, 0.3) is 0 Å². The number of carbonyl (C=O) groups excluding carboxylic acids is 1. The molecule has 3 fully saturated rings. The van der Waals surface area contributed by atoms with E-state index in [1.165, 1.54) is 0 Å². The van der Waals surface area contributed by atoms with Crippen LogP contribution >= 0.6 is 0 Å². The Morgan fingerprint density at radius 2 is 1.94 bits per heavy atom. The molecule has 2 aromatic carbocycles. The zero-order valence-corrected chi connectivity index (χ0v) is 17.6. The number of hydrogen-bond donors (Lipinski definition) is 2. The van der Waals surface area contributed by atoms with E-state index in [-0.39, 0.29) is 17.6 Å². The molecule has 0 saturated carbocycles. The Morgan fingerprint density at radius 1 is 1.16 bits per heavy atom. The number of ether oxygens (including phenoxy) is 2. The minimum absolute atomic E-state index is 0.0831. The minimum atomic E-state index is -0.979. The predicted molar refractivity (Wildman–Crippen MR) is 115 cm³/mol. The second-order valence-corrected chi connectivity index (χ2v) is 8.21. The zero-order chi connectivity index (χ0) is 21.8. The molecule has 31 heavy (non-hydrogen) atoms. The molecule has 3 saturated heterocycles. The molecule has 0 aromatic heterocycles. The van der Waals surface area contributed by atoms with E-state index in [1.807, 2.05) is 30.3 Å². The number of carbonyl (C=O) groups is 2. The van der Waals surface area contributed by atoms with Crippen molar-refractivity contribution in [1.82, 2.24) is 10.2 Å². The van der Waals surface area contributed by atoms with Gasteiger partial charge in [-0.2, -0.15) is 0 Å². The first-order valence-corrected chi connectivity index (χ1v) is 10.7. The number of esters is 1. The van der Waals surface area contributed by atoms with Crippen LogP contribution in [0.2, 0.25) is 0 Å². The van der Waals surface area contributed by atoms with Crippen molar-refractivity contribution in [2.45, 2.75) is 31.5 Å². The van der Waals surface area contributed by atoms with E-state index in [1.54, 1.807) is 25.3 Å². The average Bonchev–Trinajstić information content (AvgIpc) is 2.80. The molecule has 3 heterocycles. The Hall–Kier alpha value is -2.90. The van der Waals surface area contributed by atoms with Gasteiger partial charge in [-0.1, -0.05) is 24.3 Å². The maximum Gasteiger partial charge on any atom is 0.335 e. The number of methoxy groups -OCH3 is 1. The van der Waals surface area contributed by atoms with Gasteiger partial charge in [0.05, 0.1) is 12.7 Å². The third kappa shape index (κ3) is 5.06. The van der Waals surface area contributed by atoms with Crippen LogP contribution in [0.3, 0.4) is 0 Å².